The van der Waals surface area contributed by atoms with Gasteiger partial charge in [-0.1, -0.05) is 11.6 Å². The lowest BCUT2D eigenvalue weighted by Crippen LogP contribution is -1.89. The van der Waals surface area contributed by atoms with Crippen LogP contribution in [0.2, 0.25) is 5.02 Å². The Morgan fingerprint density at radius 1 is 1.55 bits per heavy atom. The van der Waals surface area contributed by atoms with Crippen molar-refractivity contribution in [2.45, 2.75) is 13.5 Å². The topological polar surface area (TPSA) is 20.2 Å². The third-order valence-corrected chi connectivity index (χ3v) is 1.85. The molecule has 0 bridgehead atoms. The molecule has 1 nitrogen and oxygen atoms in total. The van der Waals surface area contributed by atoms with E-state index in [1.807, 2.05) is 0 Å². The number of benzene rings is 1. The first-order chi connectivity index (χ1) is 5.15. The van der Waals surface area contributed by atoms with Crippen molar-refractivity contribution in [2.24, 2.45) is 0 Å². The van der Waals surface area contributed by atoms with Crippen LogP contribution in [0, 0.1) is 12.7 Å². The van der Waals surface area contributed by atoms with E-state index in [1.54, 1.807) is 6.92 Å². The first kappa shape index (κ1) is 8.50. The molecule has 0 fully saturated rings. The lowest BCUT2D eigenvalue weighted by Gasteiger charge is -2.02. The van der Waals surface area contributed by atoms with Crippen molar-refractivity contribution in [3.63, 3.8) is 0 Å². The number of hydrogen-bond acceptors (Lipinski definition) is 1. The summed E-state index contributed by atoms with van der Waals surface area (Å²) in [4.78, 5) is 0. The zero-order valence-corrected chi connectivity index (χ0v) is 6.82. The maximum absolute atomic E-state index is 12.8. The number of aryl methyl sites for hydroxylation is 1. The predicted molar refractivity (Wildman–Crippen MR) is 42.1 cm³/mol. The van der Waals surface area contributed by atoms with Gasteiger partial charge in [-0.3, -0.25) is 0 Å². The molecule has 1 aromatic carbocycles. The van der Waals surface area contributed by atoms with Crippen molar-refractivity contribution in [3.05, 3.63) is 34.1 Å². The van der Waals surface area contributed by atoms with E-state index in [0.29, 0.717) is 16.1 Å². The molecule has 1 aromatic rings. The summed E-state index contributed by atoms with van der Waals surface area (Å²) in [7, 11) is 0. The van der Waals surface area contributed by atoms with Crippen molar-refractivity contribution >= 4 is 11.6 Å². The SMILES string of the molecule is Cc1cc(Cl)c(CO)cc1F. The number of aliphatic hydroxyl groups is 1. The summed E-state index contributed by atoms with van der Waals surface area (Å²) in [5, 5.41) is 9.09. The Kier molecular flexibility index (Phi) is 2.47. The van der Waals surface area contributed by atoms with E-state index < -0.39 is 0 Å². The minimum Gasteiger partial charge on any atom is -0.392 e. The molecular weight excluding hydrogens is 167 g/mol. The first-order valence-electron chi connectivity index (χ1n) is 3.20. The minimum atomic E-state index is -0.335. The van der Waals surface area contributed by atoms with Gasteiger partial charge in [-0.05, 0) is 30.2 Å². The van der Waals surface area contributed by atoms with Crippen molar-refractivity contribution in [3.8, 4) is 0 Å². The van der Waals surface area contributed by atoms with Crippen LogP contribution in [0.3, 0.4) is 0 Å². The van der Waals surface area contributed by atoms with Gasteiger partial charge in [0, 0.05) is 5.02 Å². The van der Waals surface area contributed by atoms with E-state index in [0.717, 1.165) is 0 Å². The highest BCUT2D eigenvalue weighted by Gasteiger charge is 2.03. The Morgan fingerprint density at radius 3 is 2.73 bits per heavy atom. The quantitative estimate of drug-likeness (QED) is 0.693. The molecule has 1 rings (SSSR count). The molecule has 0 spiro atoms. The van der Waals surface area contributed by atoms with Crippen molar-refractivity contribution in [2.75, 3.05) is 0 Å². The highest BCUT2D eigenvalue weighted by Crippen LogP contribution is 2.19. The fraction of sp³-hybridized carbons (Fsp3) is 0.250. The molecule has 0 unspecified atom stereocenters. The van der Waals surface area contributed by atoms with E-state index in [-0.39, 0.29) is 12.4 Å². The summed E-state index contributed by atoms with van der Waals surface area (Å²) in [6.45, 7) is 1.40. The van der Waals surface area contributed by atoms with Gasteiger partial charge in [0.15, 0.2) is 0 Å². The van der Waals surface area contributed by atoms with Gasteiger partial charge in [-0.15, -0.1) is 0 Å². The highest BCUT2D eigenvalue weighted by atomic mass is 35.5. The van der Waals surface area contributed by atoms with E-state index in [2.05, 4.69) is 0 Å². The van der Waals surface area contributed by atoms with Crippen LogP contribution in [-0.2, 0) is 6.61 Å². The smallest absolute Gasteiger partial charge is 0.126 e. The molecule has 0 radical (unpaired) electrons. The third kappa shape index (κ3) is 1.70. The van der Waals surface area contributed by atoms with Crippen molar-refractivity contribution in [1.82, 2.24) is 0 Å². The van der Waals surface area contributed by atoms with Gasteiger partial charge >= 0.3 is 0 Å². The summed E-state index contributed by atoms with van der Waals surface area (Å²) in [6.07, 6.45) is 0. The van der Waals surface area contributed by atoms with Gasteiger partial charge in [-0.25, -0.2) is 4.39 Å². The molecule has 0 heterocycles. The standard InChI is InChI=1S/C8H8ClFO/c1-5-2-7(9)6(4-11)3-8(5)10/h2-3,11H,4H2,1H3. The van der Waals surface area contributed by atoms with Crippen LogP contribution in [-0.4, -0.2) is 5.11 Å². The largest absolute Gasteiger partial charge is 0.392 e. The molecule has 60 valence electrons. The normalized spacial score (nSPS) is 10.2. The molecule has 3 heteroatoms. The van der Waals surface area contributed by atoms with Gasteiger partial charge in [0.25, 0.3) is 0 Å². The maximum atomic E-state index is 12.8. The molecule has 0 atom stereocenters. The predicted octanol–water partition coefficient (Wildman–Crippen LogP) is 2.28. The average Bonchev–Trinajstić information content (AvgIpc) is 1.97. The second-order valence-corrected chi connectivity index (χ2v) is 2.76. The Bertz CT molecular complexity index is 273. The van der Waals surface area contributed by atoms with Crippen LogP contribution >= 0.6 is 11.6 Å². The highest BCUT2D eigenvalue weighted by molar-refractivity contribution is 6.31. The van der Waals surface area contributed by atoms with Gasteiger partial charge < -0.3 is 5.11 Å². The number of halogens is 2. The van der Waals surface area contributed by atoms with E-state index in [9.17, 15) is 4.39 Å². The maximum Gasteiger partial charge on any atom is 0.126 e. The monoisotopic (exact) mass is 174 g/mol. The summed E-state index contributed by atoms with van der Waals surface area (Å²) in [5.41, 5.74) is 0.918. The molecule has 0 aliphatic rings. The van der Waals surface area contributed by atoms with Gasteiger partial charge in [0.2, 0.25) is 0 Å². The minimum absolute atomic E-state index is 0.226. The molecule has 0 aliphatic carbocycles. The molecule has 0 aromatic heterocycles. The molecular formula is C8H8ClFO. The lowest BCUT2D eigenvalue weighted by molar-refractivity contribution is 0.281. The summed E-state index contributed by atoms with van der Waals surface area (Å²) < 4.78 is 12.8. The Balaban J connectivity index is 3.21. The lowest BCUT2D eigenvalue weighted by atomic mass is 10.1. The Labute approximate surface area is 69.4 Å². The molecule has 0 amide bonds. The number of rotatable bonds is 1. The molecule has 0 saturated carbocycles. The van der Waals surface area contributed by atoms with Gasteiger partial charge in [0.1, 0.15) is 5.82 Å². The van der Waals surface area contributed by atoms with Crippen molar-refractivity contribution in [1.29, 1.82) is 0 Å². The van der Waals surface area contributed by atoms with Crippen LogP contribution in [0.25, 0.3) is 0 Å². The average molecular weight is 175 g/mol. The first-order valence-corrected chi connectivity index (χ1v) is 3.58. The zero-order valence-electron chi connectivity index (χ0n) is 6.06. The summed E-state index contributed by atoms with van der Waals surface area (Å²) in [5.74, 6) is -0.335. The van der Waals surface area contributed by atoms with Crippen molar-refractivity contribution < 1.29 is 9.50 Å². The molecule has 0 aliphatic heterocycles. The van der Waals surface area contributed by atoms with E-state index in [4.69, 9.17) is 16.7 Å². The van der Waals surface area contributed by atoms with E-state index in [1.165, 1.54) is 12.1 Å². The number of aliphatic hydroxyl groups excluding tert-OH is 1. The summed E-state index contributed by atoms with van der Waals surface area (Å²) in [6, 6.07) is 2.75. The Morgan fingerprint density at radius 2 is 2.18 bits per heavy atom. The summed E-state index contributed by atoms with van der Waals surface area (Å²) >= 11 is 5.67. The molecule has 11 heavy (non-hydrogen) atoms. The molecule has 0 saturated heterocycles. The fourth-order valence-corrected chi connectivity index (χ4v) is 1.09. The van der Waals surface area contributed by atoms with Crippen LogP contribution < -0.4 is 0 Å². The van der Waals surface area contributed by atoms with Crippen LogP contribution in [0.5, 0.6) is 0 Å². The van der Waals surface area contributed by atoms with E-state index >= 15 is 0 Å². The van der Waals surface area contributed by atoms with Gasteiger partial charge in [-0.2, -0.15) is 0 Å². The van der Waals surface area contributed by atoms with Crippen LogP contribution in [0.4, 0.5) is 4.39 Å². The van der Waals surface area contributed by atoms with Crippen LogP contribution in [0.1, 0.15) is 11.1 Å². The Hall–Kier alpha value is -0.600. The zero-order chi connectivity index (χ0) is 8.43. The molecule has 1 N–H and O–H groups in total. The second kappa shape index (κ2) is 3.20. The fourth-order valence-electron chi connectivity index (χ4n) is 0.809. The van der Waals surface area contributed by atoms with Crippen LogP contribution in [0.15, 0.2) is 12.1 Å². The number of hydrogen-bond donors (Lipinski definition) is 1. The second-order valence-electron chi connectivity index (χ2n) is 2.35. The third-order valence-electron chi connectivity index (χ3n) is 1.50. The van der Waals surface area contributed by atoms with Gasteiger partial charge in [0.05, 0.1) is 6.61 Å².